The fourth-order valence-electron chi connectivity index (χ4n) is 9.90. The lowest BCUT2D eigenvalue weighted by Gasteiger charge is -2.21. The Labute approximate surface area is 670 Å². The number of rotatable bonds is 10. The molecule has 0 saturated carbocycles. The molecule has 8 aromatic carbocycles. The molecule has 0 heterocycles. The molecule has 0 radical (unpaired) electrons. The smallest absolute Gasteiger partial charge is 0.279 e. The molecule has 32 nitrogen and oxygen atoms in total. The second kappa shape index (κ2) is 44.0. The number of phenolic OH excluding ortho intramolecular Hbond substituents is 2. The Bertz CT molecular complexity index is 5160. The minimum Gasteiger partial charge on any atom is -0.508 e. The van der Waals surface area contributed by atoms with Gasteiger partial charge in [0.2, 0.25) is 0 Å². The summed E-state index contributed by atoms with van der Waals surface area (Å²) in [6.07, 6.45) is 0. The van der Waals surface area contributed by atoms with Gasteiger partial charge in [0, 0.05) is 91.0 Å². The van der Waals surface area contributed by atoms with Crippen LogP contribution in [0.3, 0.4) is 0 Å². The van der Waals surface area contributed by atoms with Crippen molar-refractivity contribution in [3.05, 3.63) is 317 Å². The van der Waals surface area contributed by atoms with Crippen molar-refractivity contribution in [1.82, 2.24) is 0 Å². The highest BCUT2D eigenvalue weighted by Crippen LogP contribution is 2.40. The summed E-state index contributed by atoms with van der Waals surface area (Å²) in [5.41, 5.74) is 72.1. The van der Waals surface area contributed by atoms with Crippen LogP contribution in [0.1, 0.15) is 211 Å². The number of hydrogen-bond acceptors (Lipinski definition) is 14. The third-order valence-corrected chi connectivity index (χ3v) is 16.0. The molecular formula is C80H98F4N26O6. The van der Waals surface area contributed by atoms with Crippen molar-refractivity contribution in [2.45, 2.75) is 209 Å². The van der Waals surface area contributed by atoms with Crippen LogP contribution in [0.2, 0.25) is 0 Å². The first kappa shape index (κ1) is 100. The lowest BCUT2D eigenvalue weighted by Crippen LogP contribution is -2.18. The van der Waals surface area contributed by atoms with E-state index in [9.17, 15) is 48.0 Å². The van der Waals surface area contributed by atoms with Crippen LogP contribution in [0.15, 0.2) is 187 Å². The molecule has 0 unspecified atom stereocenters. The Hall–Kier alpha value is -13.6. The maximum absolute atomic E-state index is 13.6. The SMILES string of the molecule is CC(C)(C)c1c(F)c(F)c(N=[N+]=[N-])c(F)c1F.CC(C)(C)c1ccc(N=[N+]=[N-])c(O)c1.CC(C)(C)c1ccc(N=[N+]=[N-])c([N+](=O)[O-])c1.CC(C)(C)c1ccc(N=[N+]=[N-])cc1.CC(C)(C)c1ccc(N=[N+]=[N-])cc1O.CC(C)(C)c1ccc(N=[N+]=[N-])cc1[N+](=O)[O-].CC(C)(C)c1cccc(N=[N+]=[N-])c1.CC(C)(C)c1ccccc1N=[N+]=[N-]. The largest absolute Gasteiger partial charge is 0.508 e. The van der Waals surface area contributed by atoms with Crippen molar-refractivity contribution in [3.8, 4) is 11.5 Å². The number of nitro groups is 2. The van der Waals surface area contributed by atoms with E-state index in [2.05, 4.69) is 163 Å². The fourth-order valence-corrected chi connectivity index (χ4v) is 9.90. The zero-order chi connectivity index (χ0) is 89.3. The predicted molar refractivity (Wildman–Crippen MR) is 448 cm³/mol. The molecule has 0 bridgehead atoms. The van der Waals surface area contributed by atoms with Crippen molar-refractivity contribution >= 4 is 56.9 Å². The minimum atomic E-state index is -1.69. The number of aromatic hydroxyl groups is 2. The summed E-state index contributed by atoms with van der Waals surface area (Å²) in [6, 6.07) is 42.2. The predicted octanol–water partition coefficient (Wildman–Crippen LogP) is 31.2. The van der Waals surface area contributed by atoms with E-state index >= 15 is 0 Å². The van der Waals surface area contributed by atoms with Crippen molar-refractivity contribution < 1.29 is 37.6 Å². The highest BCUT2D eigenvalue weighted by Gasteiger charge is 2.32. The van der Waals surface area contributed by atoms with Crippen LogP contribution in [-0.2, 0) is 43.3 Å². The molecule has 2 N–H and O–H groups in total. The summed E-state index contributed by atoms with van der Waals surface area (Å²) in [4.78, 5) is 41.5. The molecule has 8 aromatic rings. The Morgan fingerprint density at radius 1 is 0.293 bits per heavy atom. The van der Waals surface area contributed by atoms with Gasteiger partial charge in [-0.15, -0.1) is 0 Å². The van der Waals surface area contributed by atoms with Gasteiger partial charge in [0.25, 0.3) is 11.4 Å². The zero-order valence-corrected chi connectivity index (χ0v) is 69.5. The zero-order valence-electron chi connectivity index (χ0n) is 69.5. The Balaban J connectivity index is 0.000000664. The van der Waals surface area contributed by atoms with Crippen LogP contribution < -0.4 is 0 Å². The quantitative estimate of drug-likeness (QED) is 0.0255. The molecule has 0 fully saturated rings. The monoisotopic (exact) mass is 1590 g/mol. The summed E-state index contributed by atoms with van der Waals surface area (Å²) < 4.78 is 53.9. The number of benzene rings is 8. The average molecular weight is 1600 g/mol. The molecule has 612 valence electrons. The van der Waals surface area contributed by atoms with E-state index in [4.69, 9.17) is 44.2 Å². The van der Waals surface area contributed by atoms with E-state index in [1.165, 1.54) is 56.2 Å². The molecule has 116 heavy (non-hydrogen) atoms. The maximum atomic E-state index is 13.6. The van der Waals surface area contributed by atoms with Crippen molar-refractivity contribution in [1.29, 1.82) is 0 Å². The molecule has 8 rings (SSSR count). The molecule has 0 aliphatic rings. The van der Waals surface area contributed by atoms with Gasteiger partial charge in [-0.2, -0.15) is 0 Å². The average Bonchev–Trinajstić information content (AvgIpc) is 0.743. The van der Waals surface area contributed by atoms with Crippen LogP contribution in [-0.4, -0.2) is 20.1 Å². The molecular weight excluding hydrogens is 1500 g/mol. The van der Waals surface area contributed by atoms with Crippen molar-refractivity contribution in [2.24, 2.45) is 40.9 Å². The number of azide groups is 8. The maximum Gasteiger partial charge on any atom is 0.279 e. The Kier molecular flexibility index (Phi) is 38.1. The minimum absolute atomic E-state index is 0.0163. The van der Waals surface area contributed by atoms with E-state index in [0.29, 0.717) is 22.6 Å². The van der Waals surface area contributed by atoms with Gasteiger partial charge in [0.1, 0.15) is 22.9 Å². The fraction of sp³-hybridized carbons (Fsp3) is 0.400. The number of phenols is 2. The first-order valence-electron chi connectivity index (χ1n) is 35.3. The molecule has 0 atom stereocenters. The van der Waals surface area contributed by atoms with Gasteiger partial charge >= 0.3 is 0 Å². The van der Waals surface area contributed by atoms with Crippen LogP contribution >= 0.6 is 0 Å². The van der Waals surface area contributed by atoms with Gasteiger partial charge in [-0.3, -0.25) is 20.2 Å². The van der Waals surface area contributed by atoms with Crippen molar-refractivity contribution in [3.63, 3.8) is 0 Å². The van der Waals surface area contributed by atoms with Gasteiger partial charge in [-0.1, -0.05) is 310 Å². The van der Waals surface area contributed by atoms with Crippen LogP contribution in [0, 0.1) is 43.5 Å². The first-order chi connectivity index (χ1) is 53.5. The molecule has 0 amide bonds. The molecule has 0 saturated heterocycles. The van der Waals surface area contributed by atoms with Crippen LogP contribution in [0.5, 0.6) is 11.5 Å². The second-order valence-electron chi connectivity index (χ2n) is 33.4. The van der Waals surface area contributed by atoms with Crippen molar-refractivity contribution in [2.75, 3.05) is 0 Å². The van der Waals surface area contributed by atoms with Crippen LogP contribution in [0.4, 0.5) is 74.4 Å². The molecule has 0 spiro atoms. The van der Waals surface area contributed by atoms with E-state index in [1.807, 2.05) is 135 Å². The van der Waals surface area contributed by atoms with E-state index in [-0.39, 0.29) is 77.8 Å². The molecule has 0 aliphatic carbocycles. The number of halogens is 4. The topological polar surface area (TPSA) is 517 Å². The summed E-state index contributed by atoms with van der Waals surface area (Å²) in [7, 11) is 0. The summed E-state index contributed by atoms with van der Waals surface area (Å²) in [6.45, 7) is 47.1. The molecule has 0 aliphatic heterocycles. The third-order valence-electron chi connectivity index (χ3n) is 16.0. The lowest BCUT2D eigenvalue weighted by molar-refractivity contribution is -0.385. The van der Waals surface area contributed by atoms with Gasteiger partial charge in [-0.05, 0) is 151 Å². The summed E-state index contributed by atoms with van der Waals surface area (Å²) in [5.74, 6) is -6.27. The van der Waals surface area contributed by atoms with E-state index < -0.39 is 49.8 Å². The Morgan fingerprint density at radius 3 is 1.04 bits per heavy atom. The second-order valence-corrected chi connectivity index (χ2v) is 33.4. The van der Waals surface area contributed by atoms with Crippen LogP contribution in [0.25, 0.3) is 83.5 Å². The van der Waals surface area contributed by atoms with Gasteiger partial charge in [0.05, 0.1) is 15.5 Å². The Morgan fingerprint density at radius 2 is 0.647 bits per heavy atom. The lowest BCUT2D eigenvalue weighted by atomic mass is 9.85. The van der Waals surface area contributed by atoms with Gasteiger partial charge < -0.3 is 10.2 Å². The molecule has 0 aromatic heterocycles. The number of nitrogens with zero attached hydrogens (tertiary/aromatic N) is 26. The van der Waals surface area contributed by atoms with Gasteiger partial charge in [-0.25, -0.2) is 17.6 Å². The first-order valence-corrected chi connectivity index (χ1v) is 35.3. The summed E-state index contributed by atoms with van der Waals surface area (Å²) >= 11 is 0. The highest BCUT2D eigenvalue weighted by atomic mass is 19.2. The van der Waals surface area contributed by atoms with E-state index in [0.717, 1.165) is 27.9 Å². The normalized spacial score (nSPS) is 10.8. The van der Waals surface area contributed by atoms with E-state index in [1.54, 1.807) is 48.5 Å². The molecule has 36 heteroatoms. The number of nitro benzene ring substituents is 2. The standard InChI is InChI=1S/C10H9F4N3.2C10H12N4O2.2C10H13N3O.3C10H13N3/c1-10(2,3)4-5(11)7(13)9(16-17-15)8(14)6(4)12;1-10(2,3)8-5-4-7(12-13-11)6-9(8)14(15)16;1-10(2,3)7-4-5-8(12-13-11)9(6-7)14(15)16;1-10(2,3)8-5-4-7(12-13-11)6-9(8)14;1-10(2,3)7-4-5-8(12-13-11)9(14)6-7;1-10(2,3)8-4-6-9(7-5-8)12-13-11;1-10(2,3)8-5-4-6-9(7-8)12-13-11;1-10(2,3)8-6-4-5-7-9(8)12-13-11/h1-3H3;2*4-6H,1-3H3;2*4-6,14H,1-3H3;3*4-7H,1-3H3. The third kappa shape index (κ3) is 33.0. The highest BCUT2D eigenvalue weighted by molar-refractivity contribution is 5.60. The summed E-state index contributed by atoms with van der Waals surface area (Å²) in [5, 5.41) is 67.6. The van der Waals surface area contributed by atoms with Gasteiger partial charge in [0.15, 0.2) is 23.3 Å². The number of hydrogen-bond donors (Lipinski definition) is 2.